The van der Waals surface area contributed by atoms with Crippen molar-refractivity contribution in [3.8, 4) is 5.75 Å². The molecule has 3 aromatic carbocycles. The third kappa shape index (κ3) is 5.71. The maximum atomic E-state index is 13.1. The molecule has 0 spiro atoms. The molecule has 6 heteroatoms. The van der Waals surface area contributed by atoms with Crippen LogP contribution >= 0.6 is 15.9 Å². The monoisotopic (exact) mass is 482 g/mol. The fourth-order valence-electron chi connectivity index (χ4n) is 3.66. The summed E-state index contributed by atoms with van der Waals surface area (Å²) < 4.78 is 19.9. The number of rotatable bonds is 6. The number of para-hydroxylation sites is 1. The van der Waals surface area contributed by atoms with E-state index in [2.05, 4.69) is 20.8 Å². The van der Waals surface area contributed by atoms with Gasteiger partial charge in [0.05, 0.1) is 4.47 Å². The van der Waals surface area contributed by atoms with E-state index in [1.807, 2.05) is 65.6 Å². The molecule has 160 valence electrons. The van der Waals surface area contributed by atoms with Gasteiger partial charge in [0.25, 0.3) is 5.91 Å². The molecule has 0 unspecified atom stereocenters. The minimum Gasteiger partial charge on any atom is -0.488 e. The van der Waals surface area contributed by atoms with Crippen molar-refractivity contribution in [3.05, 3.63) is 99.8 Å². The standard InChI is InChI=1S/C25H24BrFN2O2/c26-23-6-1-2-7-24(23)31-18-20-4-3-5-21(16-20)25(30)29-14-12-28(13-15-29)17-19-8-10-22(27)11-9-19/h1-11,16H,12-15,17-18H2. The molecule has 1 aliphatic heterocycles. The van der Waals surface area contributed by atoms with Crippen LogP contribution in [0.4, 0.5) is 4.39 Å². The first-order valence-electron chi connectivity index (χ1n) is 10.3. The van der Waals surface area contributed by atoms with Gasteiger partial charge in [0, 0.05) is 38.3 Å². The lowest BCUT2D eigenvalue weighted by Crippen LogP contribution is -2.48. The maximum absolute atomic E-state index is 13.1. The summed E-state index contributed by atoms with van der Waals surface area (Å²) in [5, 5.41) is 0. The van der Waals surface area contributed by atoms with E-state index >= 15 is 0 Å². The van der Waals surface area contributed by atoms with E-state index in [1.165, 1.54) is 12.1 Å². The Labute approximate surface area is 190 Å². The van der Waals surface area contributed by atoms with Crippen molar-refractivity contribution in [1.29, 1.82) is 0 Å². The zero-order valence-electron chi connectivity index (χ0n) is 17.1. The molecule has 3 aromatic rings. The Morgan fingerprint density at radius 3 is 2.39 bits per heavy atom. The van der Waals surface area contributed by atoms with Crippen LogP contribution in [-0.2, 0) is 13.2 Å². The van der Waals surface area contributed by atoms with Crippen LogP contribution in [0.2, 0.25) is 0 Å². The van der Waals surface area contributed by atoms with Crippen molar-refractivity contribution in [2.45, 2.75) is 13.2 Å². The first-order valence-corrected chi connectivity index (χ1v) is 11.1. The molecule has 1 fully saturated rings. The van der Waals surface area contributed by atoms with Crippen LogP contribution in [0.15, 0.2) is 77.3 Å². The fraction of sp³-hybridized carbons (Fsp3) is 0.240. The topological polar surface area (TPSA) is 32.8 Å². The van der Waals surface area contributed by atoms with E-state index in [0.717, 1.165) is 41.0 Å². The first-order chi connectivity index (χ1) is 15.1. The molecule has 1 amide bonds. The number of hydrogen-bond donors (Lipinski definition) is 0. The summed E-state index contributed by atoms with van der Waals surface area (Å²) in [5.74, 6) is 0.601. The fourth-order valence-corrected chi connectivity index (χ4v) is 4.06. The Kier molecular flexibility index (Phi) is 6.99. The Hall–Kier alpha value is -2.70. The summed E-state index contributed by atoms with van der Waals surface area (Å²) in [4.78, 5) is 17.2. The molecule has 0 N–H and O–H groups in total. The average molecular weight is 483 g/mol. The summed E-state index contributed by atoms with van der Waals surface area (Å²) >= 11 is 3.48. The molecule has 31 heavy (non-hydrogen) atoms. The van der Waals surface area contributed by atoms with Crippen molar-refractivity contribution in [1.82, 2.24) is 9.80 Å². The molecule has 1 heterocycles. The number of piperazine rings is 1. The lowest BCUT2D eigenvalue weighted by Gasteiger charge is -2.34. The van der Waals surface area contributed by atoms with E-state index in [4.69, 9.17) is 4.74 Å². The second-order valence-electron chi connectivity index (χ2n) is 7.61. The van der Waals surface area contributed by atoms with Crippen molar-refractivity contribution in [2.24, 2.45) is 0 Å². The highest BCUT2D eigenvalue weighted by molar-refractivity contribution is 9.10. The highest BCUT2D eigenvalue weighted by Gasteiger charge is 2.22. The lowest BCUT2D eigenvalue weighted by atomic mass is 10.1. The Morgan fingerprint density at radius 1 is 0.903 bits per heavy atom. The van der Waals surface area contributed by atoms with Gasteiger partial charge in [-0.2, -0.15) is 0 Å². The van der Waals surface area contributed by atoms with E-state index in [0.29, 0.717) is 25.3 Å². The Morgan fingerprint density at radius 2 is 1.65 bits per heavy atom. The average Bonchev–Trinajstić information content (AvgIpc) is 2.80. The smallest absolute Gasteiger partial charge is 0.253 e. The molecule has 1 saturated heterocycles. The number of hydrogen-bond acceptors (Lipinski definition) is 3. The molecule has 0 aromatic heterocycles. The van der Waals surface area contributed by atoms with Gasteiger partial charge in [0.1, 0.15) is 18.2 Å². The second-order valence-corrected chi connectivity index (χ2v) is 8.47. The number of ether oxygens (including phenoxy) is 1. The predicted molar refractivity (Wildman–Crippen MR) is 122 cm³/mol. The zero-order valence-corrected chi connectivity index (χ0v) is 18.7. The number of nitrogens with zero attached hydrogens (tertiary/aromatic N) is 2. The third-order valence-electron chi connectivity index (χ3n) is 5.38. The molecule has 0 bridgehead atoms. The minimum atomic E-state index is -0.219. The molecule has 0 atom stereocenters. The number of halogens is 2. The van der Waals surface area contributed by atoms with Crippen molar-refractivity contribution in [2.75, 3.05) is 26.2 Å². The van der Waals surface area contributed by atoms with Gasteiger partial charge in [-0.25, -0.2) is 4.39 Å². The third-order valence-corrected chi connectivity index (χ3v) is 6.04. The number of carbonyl (C=O) groups is 1. The number of benzene rings is 3. The van der Waals surface area contributed by atoms with Crippen LogP contribution in [0.25, 0.3) is 0 Å². The Bertz CT molecular complexity index is 1030. The van der Waals surface area contributed by atoms with Crippen molar-refractivity contribution in [3.63, 3.8) is 0 Å². The molecule has 0 radical (unpaired) electrons. The quantitative estimate of drug-likeness (QED) is 0.488. The van der Waals surface area contributed by atoms with E-state index in [9.17, 15) is 9.18 Å². The number of carbonyl (C=O) groups excluding carboxylic acids is 1. The highest BCUT2D eigenvalue weighted by atomic mass is 79.9. The number of amides is 1. The molecular weight excluding hydrogens is 459 g/mol. The molecule has 0 aliphatic carbocycles. The first kappa shape index (κ1) is 21.5. The van der Waals surface area contributed by atoms with Crippen LogP contribution in [0, 0.1) is 5.82 Å². The van der Waals surface area contributed by atoms with Gasteiger partial charge in [-0.05, 0) is 63.5 Å². The SMILES string of the molecule is O=C(c1cccc(COc2ccccc2Br)c1)N1CCN(Cc2ccc(F)cc2)CC1. The van der Waals surface area contributed by atoms with Gasteiger partial charge in [0.2, 0.25) is 0 Å². The highest BCUT2D eigenvalue weighted by Crippen LogP contribution is 2.25. The van der Waals surface area contributed by atoms with E-state index in [1.54, 1.807) is 0 Å². The summed E-state index contributed by atoms with van der Waals surface area (Å²) in [5.41, 5.74) is 2.72. The summed E-state index contributed by atoms with van der Waals surface area (Å²) in [6, 6.07) is 21.9. The predicted octanol–water partition coefficient (Wildman–Crippen LogP) is 5.13. The normalized spacial score (nSPS) is 14.5. The zero-order chi connectivity index (χ0) is 21.6. The summed E-state index contributed by atoms with van der Waals surface area (Å²) in [6.45, 7) is 4.12. The summed E-state index contributed by atoms with van der Waals surface area (Å²) in [6.07, 6.45) is 0. The molecule has 0 saturated carbocycles. The van der Waals surface area contributed by atoms with Crippen LogP contribution in [-0.4, -0.2) is 41.9 Å². The van der Waals surface area contributed by atoms with Crippen LogP contribution in [0.1, 0.15) is 21.5 Å². The maximum Gasteiger partial charge on any atom is 0.253 e. The molecule has 1 aliphatic rings. The summed E-state index contributed by atoms with van der Waals surface area (Å²) in [7, 11) is 0. The molecule has 4 nitrogen and oxygen atoms in total. The Balaban J connectivity index is 1.32. The second kappa shape index (κ2) is 10.1. The molecule has 4 rings (SSSR count). The minimum absolute atomic E-state index is 0.0455. The lowest BCUT2D eigenvalue weighted by molar-refractivity contribution is 0.0628. The van der Waals surface area contributed by atoms with Crippen molar-refractivity contribution >= 4 is 21.8 Å². The van der Waals surface area contributed by atoms with E-state index in [-0.39, 0.29) is 11.7 Å². The van der Waals surface area contributed by atoms with Gasteiger partial charge in [-0.1, -0.05) is 36.4 Å². The van der Waals surface area contributed by atoms with Gasteiger partial charge < -0.3 is 9.64 Å². The van der Waals surface area contributed by atoms with Gasteiger partial charge in [-0.3, -0.25) is 9.69 Å². The van der Waals surface area contributed by atoms with Gasteiger partial charge in [-0.15, -0.1) is 0 Å². The van der Waals surface area contributed by atoms with Gasteiger partial charge in [0.15, 0.2) is 0 Å². The van der Waals surface area contributed by atoms with Crippen LogP contribution < -0.4 is 4.74 Å². The van der Waals surface area contributed by atoms with Crippen LogP contribution in [0.3, 0.4) is 0 Å². The van der Waals surface area contributed by atoms with Crippen LogP contribution in [0.5, 0.6) is 5.75 Å². The molecular formula is C25H24BrFN2O2. The van der Waals surface area contributed by atoms with Crippen molar-refractivity contribution < 1.29 is 13.9 Å². The largest absolute Gasteiger partial charge is 0.488 e. The van der Waals surface area contributed by atoms with E-state index < -0.39 is 0 Å². The van der Waals surface area contributed by atoms with Gasteiger partial charge >= 0.3 is 0 Å².